The fourth-order valence-corrected chi connectivity index (χ4v) is 1.71. The van der Waals surface area contributed by atoms with Gasteiger partial charge in [0.25, 0.3) is 10.4 Å². The molecule has 0 aliphatic carbocycles. The first-order valence-electron chi connectivity index (χ1n) is 4.88. The Bertz CT molecular complexity index is 639. The van der Waals surface area contributed by atoms with Gasteiger partial charge in [-0.05, 0) is 18.2 Å². The van der Waals surface area contributed by atoms with Crippen molar-refractivity contribution in [2.45, 2.75) is 10.4 Å². The Hall–Kier alpha value is -1.80. The Kier molecular flexibility index (Phi) is 2.80. The molecule has 0 aliphatic heterocycles. The van der Waals surface area contributed by atoms with Crippen molar-refractivity contribution >= 4 is 25.3 Å². The highest BCUT2D eigenvalue weighted by Gasteiger charge is 2.10. The van der Waals surface area contributed by atoms with E-state index >= 15 is 0 Å². The molecule has 0 N–H and O–H groups in total. The topological polar surface area (TPSA) is 77.8 Å². The van der Waals surface area contributed by atoms with E-state index in [9.17, 15) is 0 Å². The van der Waals surface area contributed by atoms with Gasteiger partial charge < -0.3 is 8.83 Å². The molecule has 0 bridgehead atoms. The minimum Gasteiger partial charge on any atom is -0.411 e. The summed E-state index contributed by atoms with van der Waals surface area (Å²) in [6.45, 7) is 0. The predicted molar refractivity (Wildman–Crippen MR) is 67.5 cm³/mol. The van der Waals surface area contributed by atoms with Gasteiger partial charge >= 0.3 is 0 Å². The Balaban J connectivity index is 2.04. The van der Waals surface area contributed by atoms with Crippen LogP contribution in [-0.2, 0) is 0 Å². The monoisotopic (exact) mass is 278 g/mol. The number of rotatable bonds is 2. The van der Waals surface area contributed by atoms with Gasteiger partial charge in [0.05, 0.1) is 0 Å². The van der Waals surface area contributed by atoms with Crippen molar-refractivity contribution in [2.24, 2.45) is 0 Å². The molecule has 1 aromatic carbocycles. The Morgan fingerprint density at radius 2 is 1.28 bits per heavy atom. The molecule has 0 saturated carbocycles. The lowest BCUT2D eigenvalue weighted by atomic mass is 10.1. The van der Waals surface area contributed by atoms with E-state index in [2.05, 4.69) is 45.7 Å². The van der Waals surface area contributed by atoms with Crippen LogP contribution in [0.2, 0.25) is 0 Å². The van der Waals surface area contributed by atoms with E-state index in [4.69, 9.17) is 8.83 Å². The van der Waals surface area contributed by atoms with Crippen LogP contribution in [0.15, 0.2) is 43.5 Å². The maximum atomic E-state index is 5.23. The first-order chi connectivity index (χ1) is 8.72. The highest BCUT2D eigenvalue weighted by Crippen LogP contribution is 2.25. The summed E-state index contributed by atoms with van der Waals surface area (Å²) in [6, 6.07) is 7.31. The van der Waals surface area contributed by atoms with Gasteiger partial charge in [-0.25, -0.2) is 0 Å². The van der Waals surface area contributed by atoms with Gasteiger partial charge in [-0.2, -0.15) is 0 Å². The van der Waals surface area contributed by atoms with E-state index < -0.39 is 0 Å². The van der Waals surface area contributed by atoms with Gasteiger partial charge in [0.2, 0.25) is 11.8 Å². The number of nitrogens with zero attached hydrogens (tertiary/aromatic N) is 4. The van der Waals surface area contributed by atoms with Crippen molar-refractivity contribution in [1.82, 2.24) is 20.4 Å². The molecule has 3 aromatic rings. The highest BCUT2D eigenvalue weighted by atomic mass is 32.1. The standard InChI is InChI=1S/C10H6N4O2S2/c17-9-13-11-7(15-9)5-2-1-3-6(4-5)8-12-14-10(18)16-8/h1-4H,(H,13,17)(H,14,18). The molecule has 6 nitrogen and oxygen atoms in total. The fourth-order valence-electron chi connectivity index (χ4n) is 1.45. The lowest BCUT2D eigenvalue weighted by Gasteiger charge is -1.97. The lowest BCUT2D eigenvalue weighted by molar-refractivity contribution is 0.467. The summed E-state index contributed by atoms with van der Waals surface area (Å²) in [7, 11) is 0. The summed E-state index contributed by atoms with van der Waals surface area (Å²) in [6.07, 6.45) is 0. The van der Waals surface area contributed by atoms with Crippen LogP contribution < -0.4 is 0 Å². The van der Waals surface area contributed by atoms with Crippen LogP contribution in [0.4, 0.5) is 0 Å². The summed E-state index contributed by atoms with van der Waals surface area (Å²) in [5, 5.41) is 15.5. The molecule has 2 heterocycles. The van der Waals surface area contributed by atoms with Gasteiger partial charge in [-0.3, -0.25) is 0 Å². The van der Waals surface area contributed by atoms with Gasteiger partial charge in [-0.1, -0.05) is 31.3 Å². The van der Waals surface area contributed by atoms with Gasteiger partial charge in [0.15, 0.2) is 0 Å². The van der Waals surface area contributed by atoms with Gasteiger partial charge in [-0.15, -0.1) is 20.4 Å². The smallest absolute Gasteiger partial charge is 0.273 e. The average Bonchev–Trinajstić information content (AvgIpc) is 2.98. The number of hydrogen-bond acceptors (Lipinski definition) is 8. The summed E-state index contributed by atoms with van der Waals surface area (Å²) < 4.78 is 10.5. The van der Waals surface area contributed by atoms with E-state index in [0.29, 0.717) is 11.8 Å². The second kappa shape index (κ2) is 4.46. The molecular formula is C10H6N4O2S2. The molecule has 0 fully saturated rings. The summed E-state index contributed by atoms with van der Waals surface area (Å²) in [5.74, 6) is 0.764. The van der Waals surface area contributed by atoms with E-state index in [1.807, 2.05) is 24.3 Å². The van der Waals surface area contributed by atoms with Gasteiger partial charge in [0, 0.05) is 11.1 Å². The fraction of sp³-hybridized carbons (Fsp3) is 0. The molecular weight excluding hydrogens is 272 g/mol. The van der Waals surface area contributed by atoms with Crippen LogP contribution in [0.5, 0.6) is 0 Å². The molecule has 0 amide bonds. The van der Waals surface area contributed by atoms with E-state index in [1.165, 1.54) is 0 Å². The zero-order valence-electron chi connectivity index (χ0n) is 8.81. The van der Waals surface area contributed by atoms with Crippen LogP contribution in [-0.4, -0.2) is 20.4 Å². The number of thiol groups is 2. The predicted octanol–water partition coefficient (Wildman–Crippen LogP) is 2.36. The second-order valence-electron chi connectivity index (χ2n) is 3.36. The number of hydrogen-bond donors (Lipinski definition) is 2. The third-order valence-corrected chi connectivity index (χ3v) is 2.55. The molecule has 0 unspecified atom stereocenters. The van der Waals surface area contributed by atoms with E-state index in [-0.39, 0.29) is 10.4 Å². The normalized spacial score (nSPS) is 10.8. The first kappa shape index (κ1) is 11.3. The molecule has 0 spiro atoms. The average molecular weight is 278 g/mol. The van der Waals surface area contributed by atoms with E-state index in [0.717, 1.165) is 11.1 Å². The van der Waals surface area contributed by atoms with Crippen molar-refractivity contribution in [3.8, 4) is 22.9 Å². The van der Waals surface area contributed by atoms with Crippen LogP contribution in [0, 0.1) is 0 Å². The Morgan fingerprint density at radius 1 is 0.778 bits per heavy atom. The summed E-state index contributed by atoms with van der Waals surface area (Å²) in [4.78, 5) is 0. The van der Waals surface area contributed by atoms with Crippen LogP contribution in [0.1, 0.15) is 0 Å². The number of benzene rings is 1. The lowest BCUT2D eigenvalue weighted by Crippen LogP contribution is -1.82. The quantitative estimate of drug-likeness (QED) is 0.701. The van der Waals surface area contributed by atoms with Crippen LogP contribution in [0.3, 0.4) is 0 Å². The van der Waals surface area contributed by atoms with Crippen molar-refractivity contribution in [2.75, 3.05) is 0 Å². The summed E-state index contributed by atoms with van der Waals surface area (Å²) in [5.41, 5.74) is 1.50. The maximum Gasteiger partial charge on any atom is 0.273 e. The largest absolute Gasteiger partial charge is 0.411 e. The SMILES string of the molecule is Sc1nnc(-c2cccc(-c3nnc(S)o3)c2)o1. The molecule has 8 heteroatoms. The second-order valence-corrected chi connectivity index (χ2v) is 4.13. The molecule has 90 valence electrons. The van der Waals surface area contributed by atoms with E-state index in [1.54, 1.807) is 0 Å². The van der Waals surface area contributed by atoms with Crippen LogP contribution in [0.25, 0.3) is 22.9 Å². The molecule has 3 rings (SSSR count). The van der Waals surface area contributed by atoms with Gasteiger partial charge in [0.1, 0.15) is 0 Å². The third kappa shape index (κ3) is 2.12. The van der Waals surface area contributed by atoms with Crippen molar-refractivity contribution in [3.63, 3.8) is 0 Å². The first-order valence-corrected chi connectivity index (χ1v) is 5.77. The zero-order chi connectivity index (χ0) is 12.5. The molecule has 0 atom stereocenters. The van der Waals surface area contributed by atoms with Crippen molar-refractivity contribution < 1.29 is 8.83 Å². The molecule has 2 aromatic heterocycles. The number of aromatic nitrogens is 4. The highest BCUT2D eigenvalue weighted by molar-refractivity contribution is 7.80. The van der Waals surface area contributed by atoms with Crippen molar-refractivity contribution in [3.05, 3.63) is 24.3 Å². The molecule has 0 aliphatic rings. The maximum absolute atomic E-state index is 5.23. The minimum atomic E-state index is 0.214. The Labute approximate surface area is 112 Å². The molecule has 18 heavy (non-hydrogen) atoms. The third-order valence-electron chi connectivity index (χ3n) is 2.19. The molecule has 0 radical (unpaired) electrons. The van der Waals surface area contributed by atoms with Crippen molar-refractivity contribution in [1.29, 1.82) is 0 Å². The summed E-state index contributed by atoms with van der Waals surface area (Å²) >= 11 is 7.93. The zero-order valence-corrected chi connectivity index (χ0v) is 10.6. The Morgan fingerprint density at radius 3 is 1.67 bits per heavy atom. The molecule has 0 saturated heterocycles. The van der Waals surface area contributed by atoms with Crippen LogP contribution >= 0.6 is 25.3 Å². The minimum absolute atomic E-state index is 0.214.